The van der Waals surface area contributed by atoms with E-state index in [2.05, 4.69) is 31.2 Å². The molecular weight excluding hydrogens is 390 g/mol. The van der Waals surface area contributed by atoms with Crippen LogP contribution in [0, 0.1) is 19.8 Å². The number of rotatable bonds is 7. The monoisotopic (exact) mass is 419 g/mol. The van der Waals surface area contributed by atoms with Gasteiger partial charge in [-0.25, -0.2) is 9.78 Å². The van der Waals surface area contributed by atoms with Crippen LogP contribution in [-0.4, -0.2) is 33.6 Å². The minimum absolute atomic E-state index is 0.119. The average molecular weight is 420 g/mol. The first-order valence-electron chi connectivity index (χ1n) is 9.81. The summed E-state index contributed by atoms with van der Waals surface area (Å²) in [5, 5.41) is 0. The second kappa shape index (κ2) is 9.40. The summed E-state index contributed by atoms with van der Waals surface area (Å²) < 4.78 is 10.4. The first-order valence-corrected chi connectivity index (χ1v) is 11.8. The Hall–Kier alpha value is -1.40. The molecule has 1 aromatic carbocycles. The van der Waals surface area contributed by atoms with Crippen LogP contribution in [0.2, 0.25) is 0 Å². The molecule has 0 spiro atoms. The standard InChI is InChI=1S/C22H29NO3S2/c1-15-9-11-18(12-10-15)20-23-19(16(2)26-20)8-6-5-7-17-13-27-22(3,28-14-17)21(24)25-4/h9-12,17H,5-8,13-14H2,1-4H3/t17-,22+. The Morgan fingerprint density at radius 1 is 1.21 bits per heavy atom. The van der Waals surface area contributed by atoms with E-state index in [4.69, 9.17) is 14.1 Å². The lowest BCUT2D eigenvalue weighted by molar-refractivity contribution is -0.140. The minimum Gasteiger partial charge on any atom is -0.467 e. The fourth-order valence-corrected chi connectivity index (χ4v) is 6.29. The van der Waals surface area contributed by atoms with E-state index in [1.165, 1.54) is 25.5 Å². The van der Waals surface area contributed by atoms with Gasteiger partial charge in [0, 0.05) is 5.56 Å². The van der Waals surface area contributed by atoms with Crippen molar-refractivity contribution < 1.29 is 13.9 Å². The summed E-state index contributed by atoms with van der Waals surface area (Å²) in [5.74, 6) is 4.24. The number of hydrogen-bond donors (Lipinski definition) is 0. The van der Waals surface area contributed by atoms with Crippen molar-refractivity contribution in [3.63, 3.8) is 0 Å². The van der Waals surface area contributed by atoms with Crippen LogP contribution >= 0.6 is 23.5 Å². The van der Waals surface area contributed by atoms with Crippen LogP contribution in [0.15, 0.2) is 28.7 Å². The second-order valence-corrected chi connectivity index (χ2v) is 10.7. The predicted octanol–water partition coefficient (Wildman–Crippen LogP) is 5.66. The predicted molar refractivity (Wildman–Crippen MR) is 118 cm³/mol. The van der Waals surface area contributed by atoms with Crippen molar-refractivity contribution in [3.05, 3.63) is 41.3 Å². The molecule has 0 atom stereocenters. The van der Waals surface area contributed by atoms with E-state index in [1.54, 1.807) is 23.5 Å². The number of benzene rings is 1. The van der Waals surface area contributed by atoms with Crippen LogP contribution in [0.3, 0.4) is 0 Å². The Morgan fingerprint density at radius 2 is 1.89 bits per heavy atom. The fraction of sp³-hybridized carbons (Fsp3) is 0.545. The number of methoxy groups -OCH3 is 1. The minimum atomic E-state index is -0.435. The molecule has 4 nitrogen and oxygen atoms in total. The van der Waals surface area contributed by atoms with Gasteiger partial charge in [-0.05, 0) is 69.6 Å². The van der Waals surface area contributed by atoms with Gasteiger partial charge in [-0.15, -0.1) is 23.5 Å². The van der Waals surface area contributed by atoms with Crippen molar-refractivity contribution in [2.24, 2.45) is 5.92 Å². The van der Waals surface area contributed by atoms with E-state index in [1.807, 2.05) is 13.8 Å². The molecule has 1 aliphatic heterocycles. The zero-order valence-corrected chi connectivity index (χ0v) is 18.8. The molecule has 0 saturated carbocycles. The highest BCUT2D eigenvalue weighted by atomic mass is 32.2. The number of thioether (sulfide) groups is 2. The van der Waals surface area contributed by atoms with Gasteiger partial charge in [0.2, 0.25) is 5.89 Å². The molecule has 2 heterocycles. The summed E-state index contributed by atoms with van der Waals surface area (Å²) in [4.78, 5) is 16.6. The molecule has 28 heavy (non-hydrogen) atoms. The van der Waals surface area contributed by atoms with Gasteiger partial charge in [-0.3, -0.25) is 0 Å². The Balaban J connectivity index is 1.44. The Bertz CT molecular complexity index is 793. The van der Waals surface area contributed by atoms with Gasteiger partial charge in [-0.1, -0.05) is 24.1 Å². The van der Waals surface area contributed by atoms with Crippen molar-refractivity contribution in [1.29, 1.82) is 0 Å². The van der Waals surface area contributed by atoms with E-state index in [0.717, 1.165) is 47.3 Å². The highest BCUT2D eigenvalue weighted by Gasteiger charge is 2.40. The number of carbonyl (C=O) groups excluding carboxylic acids is 1. The van der Waals surface area contributed by atoms with Crippen LogP contribution in [0.1, 0.15) is 43.2 Å². The Morgan fingerprint density at radius 3 is 2.54 bits per heavy atom. The molecule has 0 aliphatic carbocycles. The number of esters is 1. The third-order valence-electron chi connectivity index (χ3n) is 5.21. The molecule has 0 unspecified atom stereocenters. The summed E-state index contributed by atoms with van der Waals surface area (Å²) in [7, 11) is 1.47. The molecule has 2 aromatic rings. The van der Waals surface area contributed by atoms with E-state index < -0.39 is 4.08 Å². The third kappa shape index (κ3) is 5.15. The summed E-state index contributed by atoms with van der Waals surface area (Å²) >= 11 is 3.45. The lowest BCUT2D eigenvalue weighted by Crippen LogP contribution is -2.35. The van der Waals surface area contributed by atoms with Gasteiger partial charge in [0.15, 0.2) is 4.08 Å². The number of aryl methyl sites for hydroxylation is 3. The van der Waals surface area contributed by atoms with Crippen LogP contribution in [-0.2, 0) is 16.0 Å². The van der Waals surface area contributed by atoms with E-state index in [9.17, 15) is 4.79 Å². The van der Waals surface area contributed by atoms with Gasteiger partial charge in [0.05, 0.1) is 12.8 Å². The molecular formula is C22H29NO3S2. The zero-order chi connectivity index (χ0) is 20.1. The normalized spacial score (nSPS) is 22.2. The number of ether oxygens (including phenoxy) is 1. The third-order valence-corrected chi connectivity index (χ3v) is 8.63. The first-order chi connectivity index (χ1) is 13.4. The van der Waals surface area contributed by atoms with Gasteiger partial charge >= 0.3 is 5.97 Å². The van der Waals surface area contributed by atoms with Gasteiger partial charge in [-0.2, -0.15) is 0 Å². The maximum Gasteiger partial charge on any atom is 0.331 e. The summed E-state index contributed by atoms with van der Waals surface area (Å²) in [6.07, 6.45) is 4.43. The first kappa shape index (κ1) is 21.3. The van der Waals surface area contributed by atoms with E-state index in [0.29, 0.717) is 5.92 Å². The Labute approximate surface area is 176 Å². The smallest absolute Gasteiger partial charge is 0.331 e. The molecule has 1 aromatic heterocycles. The van der Waals surface area contributed by atoms with Gasteiger partial charge in [0.25, 0.3) is 0 Å². The summed E-state index contributed by atoms with van der Waals surface area (Å²) in [5.41, 5.74) is 3.34. The molecule has 1 fully saturated rings. The number of unbranched alkanes of at least 4 members (excludes halogenated alkanes) is 1. The fourth-order valence-electron chi connectivity index (χ4n) is 3.32. The maximum absolute atomic E-state index is 11.9. The van der Waals surface area contributed by atoms with Crippen molar-refractivity contribution in [2.75, 3.05) is 18.6 Å². The molecule has 6 heteroatoms. The number of aromatic nitrogens is 1. The highest BCUT2D eigenvalue weighted by Crippen LogP contribution is 2.45. The van der Waals surface area contributed by atoms with E-state index in [-0.39, 0.29) is 5.97 Å². The second-order valence-electron chi connectivity index (χ2n) is 7.56. The topological polar surface area (TPSA) is 52.3 Å². The van der Waals surface area contributed by atoms with Crippen molar-refractivity contribution in [2.45, 2.75) is 50.5 Å². The summed E-state index contributed by atoms with van der Waals surface area (Å²) in [6, 6.07) is 8.29. The van der Waals surface area contributed by atoms with Crippen molar-refractivity contribution >= 4 is 29.5 Å². The zero-order valence-electron chi connectivity index (χ0n) is 17.1. The van der Waals surface area contributed by atoms with Crippen LogP contribution < -0.4 is 0 Å². The van der Waals surface area contributed by atoms with E-state index >= 15 is 0 Å². The lowest BCUT2D eigenvalue weighted by Gasteiger charge is -2.33. The molecule has 0 radical (unpaired) electrons. The molecule has 3 rings (SSSR count). The quantitative estimate of drug-likeness (QED) is 0.426. The van der Waals surface area contributed by atoms with Crippen molar-refractivity contribution in [1.82, 2.24) is 4.98 Å². The van der Waals surface area contributed by atoms with Crippen LogP contribution in [0.5, 0.6) is 0 Å². The van der Waals surface area contributed by atoms with Gasteiger partial charge in [0.1, 0.15) is 5.76 Å². The highest BCUT2D eigenvalue weighted by molar-refractivity contribution is 8.19. The van der Waals surface area contributed by atoms with Crippen LogP contribution in [0.25, 0.3) is 11.5 Å². The van der Waals surface area contributed by atoms with Gasteiger partial charge < -0.3 is 9.15 Å². The maximum atomic E-state index is 11.9. The molecule has 1 saturated heterocycles. The lowest BCUT2D eigenvalue weighted by atomic mass is 10.0. The Kier molecular flexibility index (Phi) is 7.15. The molecule has 0 bridgehead atoms. The molecule has 1 aliphatic rings. The molecule has 0 amide bonds. The van der Waals surface area contributed by atoms with Crippen molar-refractivity contribution in [3.8, 4) is 11.5 Å². The number of oxazole rings is 1. The molecule has 152 valence electrons. The van der Waals surface area contributed by atoms with Crippen LogP contribution in [0.4, 0.5) is 0 Å². The average Bonchev–Trinajstić information content (AvgIpc) is 3.07. The number of nitrogens with zero attached hydrogens (tertiary/aromatic N) is 1. The number of carbonyl (C=O) groups is 1. The number of hydrogen-bond acceptors (Lipinski definition) is 6. The molecule has 0 N–H and O–H groups in total. The largest absolute Gasteiger partial charge is 0.467 e. The SMILES string of the molecule is COC(=O)[C@]1(C)SC[C@H](CCCCc2nc(-c3ccc(C)cc3)oc2C)CS1. The summed E-state index contributed by atoms with van der Waals surface area (Å²) in [6.45, 7) is 6.06.